The lowest BCUT2D eigenvalue weighted by Crippen LogP contribution is -2.49. The lowest BCUT2D eigenvalue weighted by Gasteiger charge is -2.41. The van der Waals surface area contributed by atoms with Crippen LogP contribution in [0.3, 0.4) is 0 Å². The minimum Gasteiger partial charge on any atom is -0.341 e. The second-order valence-electron chi connectivity index (χ2n) is 7.25. The summed E-state index contributed by atoms with van der Waals surface area (Å²) in [5, 5.41) is 0. The first kappa shape index (κ1) is 16.6. The van der Waals surface area contributed by atoms with Crippen LogP contribution in [0.4, 0.5) is 0 Å². The SMILES string of the molecule is O=C(CN1C(=O)c2ccccc2S1(=O)=O)N1CC[C@@H]2CCCC[C@H]2C1. The molecule has 2 heterocycles. The van der Waals surface area contributed by atoms with Crippen molar-refractivity contribution in [1.82, 2.24) is 9.21 Å². The molecule has 1 aliphatic carbocycles. The van der Waals surface area contributed by atoms with E-state index in [4.69, 9.17) is 0 Å². The number of carbonyl (C=O) groups is 2. The number of benzene rings is 1. The molecule has 2 atom stereocenters. The number of hydrogen-bond acceptors (Lipinski definition) is 4. The van der Waals surface area contributed by atoms with Crippen molar-refractivity contribution in [2.75, 3.05) is 19.6 Å². The molecule has 2 aliphatic heterocycles. The zero-order valence-corrected chi connectivity index (χ0v) is 14.9. The Hall–Kier alpha value is -1.89. The lowest BCUT2D eigenvalue weighted by atomic mass is 9.75. The third kappa shape index (κ3) is 2.74. The maximum atomic E-state index is 12.7. The zero-order chi connectivity index (χ0) is 17.6. The quantitative estimate of drug-likeness (QED) is 0.805. The summed E-state index contributed by atoms with van der Waals surface area (Å²) in [6.45, 7) is 0.959. The number of amides is 2. The van der Waals surface area contributed by atoms with Crippen LogP contribution in [0.25, 0.3) is 0 Å². The minimum absolute atomic E-state index is 0.00112. The number of piperidine rings is 1. The van der Waals surface area contributed by atoms with E-state index < -0.39 is 22.5 Å². The fraction of sp³-hybridized carbons (Fsp3) is 0.556. The first-order valence-corrected chi connectivity index (χ1v) is 10.4. The second kappa shape index (κ2) is 6.12. The molecule has 0 bridgehead atoms. The molecule has 2 fully saturated rings. The fourth-order valence-electron chi connectivity index (χ4n) is 4.44. The molecule has 1 aromatic rings. The van der Waals surface area contributed by atoms with Gasteiger partial charge in [-0.1, -0.05) is 31.4 Å². The Balaban J connectivity index is 1.49. The molecular formula is C18H22N2O4S. The third-order valence-corrected chi connectivity index (χ3v) is 7.62. The Kier molecular flexibility index (Phi) is 4.06. The molecule has 0 radical (unpaired) electrons. The predicted molar refractivity (Wildman–Crippen MR) is 91.3 cm³/mol. The summed E-state index contributed by atoms with van der Waals surface area (Å²) in [4.78, 5) is 26.9. The summed E-state index contributed by atoms with van der Waals surface area (Å²) in [5.74, 6) is 0.346. The number of carbonyl (C=O) groups excluding carboxylic acids is 2. The van der Waals surface area contributed by atoms with Crippen LogP contribution in [0, 0.1) is 11.8 Å². The van der Waals surface area contributed by atoms with E-state index in [2.05, 4.69) is 0 Å². The van der Waals surface area contributed by atoms with E-state index in [0.29, 0.717) is 24.9 Å². The topological polar surface area (TPSA) is 74.8 Å². The van der Waals surface area contributed by atoms with Crippen molar-refractivity contribution in [3.63, 3.8) is 0 Å². The first-order chi connectivity index (χ1) is 12.0. The molecule has 0 aromatic heterocycles. The highest BCUT2D eigenvalue weighted by Crippen LogP contribution is 2.36. The maximum Gasteiger partial charge on any atom is 0.269 e. The molecule has 1 aromatic carbocycles. The average Bonchev–Trinajstić information content (AvgIpc) is 2.82. The van der Waals surface area contributed by atoms with Crippen molar-refractivity contribution in [2.24, 2.45) is 11.8 Å². The van der Waals surface area contributed by atoms with Crippen molar-refractivity contribution in [3.05, 3.63) is 29.8 Å². The van der Waals surface area contributed by atoms with E-state index in [-0.39, 0.29) is 16.4 Å². The molecule has 0 unspecified atom stereocenters. The Morgan fingerprint density at radius 3 is 2.56 bits per heavy atom. The van der Waals surface area contributed by atoms with E-state index >= 15 is 0 Å². The third-order valence-electron chi connectivity index (χ3n) is 5.83. The van der Waals surface area contributed by atoms with E-state index in [1.165, 1.54) is 31.4 Å². The summed E-state index contributed by atoms with van der Waals surface area (Å²) in [7, 11) is -3.92. The summed E-state index contributed by atoms with van der Waals surface area (Å²) >= 11 is 0. The Labute approximate surface area is 147 Å². The number of hydrogen-bond donors (Lipinski definition) is 0. The molecule has 6 nitrogen and oxygen atoms in total. The highest BCUT2D eigenvalue weighted by molar-refractivity contribution is 7.90. The molecule has 0 N–H and O–H groups in total. The van der Waals surface area contributed by atoms with Crippen LogP contribution >= 0.6 is 0 Å². The van der Waals surface area contributed by atoms with E-state index in [1.54, 1.807) is 17.0 Å². The van der Waals surface area contributed by atoms with Gasteiger partial charge in [-0.15, -0.1) is 0 Å². The average molecular weight is 362 g/mol. The van der Waals surface area contributed by atoms with Gasteiger partial charge in [-0.2, -0.15) is 0 Å². The largest absolute Gasteiger partial charge is 0.341 e. The molecule has 0 spiro atoms. The summed E-state index contributed by atoms with van der Waals surface area (Å²) in [6, 6.07) is 6.13. The molecule has 2 amide bonds. The molecular weight excluding hydrogens is 340 g/mol. The van der Waals surface area contributed by atoms with Crippen LogP contribution in [0.1, 0.15) is 42.5 Å². The molecule has 25 heavy (non-hydrogen) atoms. The molecule has 1 saturated heterocycles. The predicted octanol–water partition coefficient (Wildman–Crippen LogP) is 1.87. The smallest absolute Gasteiger partial charge is 0.269 e. The van der Waals surface area contributed by atoms with Gasteiger partial charge in [-0.05, 0) is 36.8 Å². The van der Waals surface area contributed by atoms with E-state index in [1.807, 2.05) is 0 Å². The van der Waals surface area contributed by atoms with E-state index in [9.17, 15) is 18.0 Å². The van der Waals surface area contributed by atoms with Crippen LogP contribution < -0.4 is 0 Å². The molecule has 7 heteroatoms. The van der Waals surface area contributed by atoms with Crippen molar-refractivity contribution in [2.45, 2.75) is 37.0 Å². The van der Waals surface area contributed by atoms with Crippen molar-refractivity contribution in [1.29, 1.82) is 0 Å². The number of rotatable bonds is 2. The Bertz CT molecular complexity index is 820. The van der Waals surface area contributed by atoms with Crippen molar-refractivity contribution >= 4 is 21.8 Å². The van der Waals surface area contributed by atoms with Gasteiger partial charge in [0.05, 0.1) is 5.56 Å². The van der Waals surface area contributed by atoms with Crippen LogP contribution in [0.5, 0.6) is 0 Å². The standard InChI is InChI=1S/C18H22N2O4S/c21-17(19-10-9-13-5-1-2-6-14(13)11-19)12-20-18(22)15-7-3-4-8-16(15)25(20,23)24/h3-4,7-8,13-14H,1-2,5-6,9-12H2/t13-,14-/m0/s1. The van der Waals surface area contributed by atoms with Gasteiger partial charge in [0, 0.05) is 13.1 Å². The van der Waals surface area contributed by atoms with Crippen LogP contribution in [-0.4, -0.2) is 49.1 Å². The lowest BCUT2D eigenvalue weighted by molar-refractivity contribution is -0.134. The fourth-order valence-corrected chi connectivity index (χ4v) is 5.96. The summed E-state index contributed by atoms with van der Waals surface area (Å²) in [5.41, 5.74) is 0.154. The number of nitrogens with zero attached hydrogens (tertiary/aromatic N) is 2. The first-order valence-electron chi connectivity index (χ1n) is 8.92. The van der Waals surface area contributed by atoms with Gasteiger partial charge in [0.1, 0.15) is 11.4 Å². The second-order valence-corrected chi connectivity index (χ2v) is 9.08. The van der Waals surface area contributed by atoms with Crippen LogP contribution in [0.15, 0.2) is 29.2 Å². The summed E-state index contributed by atoms with van der Waals surface area (Å²) < 4.78 is 25.9. The maximum absolute atomic E-state index is 12.7. The zero-order valence-electron chi connectivity index (χ0n) is 14.1. The van der Waals surface area contributed by atoms with Gasteiger partial charge in [0.2, 0.25) is 5.91 Å². The minimum atomic E-state index is -3.92. The monoisotopic (exact) mass is 362 g/mol. The van der Waals surface area contributed by atoms with Crippen LogP contribution in [-0.2, 0) is 14.8 Å². The number of fused-ring (bicyclic) bond motifs is 2. The Morgan fingerprint density at radius 1 is 1.08 bits per heavy atom. The number of likely N-dealkylation sites (tertiary alicyclic amines) is 1. The molecule has 3 aliphatic rings. The van der Waals surface area contributed by atoms with Gasteiger partial charge >= 0.3 is 0 Å². The molecule has 1 saturated carbocycles. The van der Waals surface area contributed by atoms with Gasteiger partial charge < -0.3 is 4.90 Å². The van der Waals surface area contributed by atoms with Crippen molar-refractivity contribution < 1.29 is 18.0 Å². The Morgan fingerprint density at radius 2 is 1.80 bits per heavy atom. The van der Waals surface area contributed by atoms with Gasteiger partial charge in [0.25, 0.3) is 15.9 Å². The highest BCUT2D eigenvalue weighted by Gasteiger charge is 2.43. The summed E-state index contributed by atoms with van der Waals surface area (Å²) in [6.07, 6.45) is 5.84. The van der Waals surface area contributed by atoms with Gasteiger partial charge in [0.15, 0.2) is 0 Å². The van der Waals surface area contributed by atoms with Crippen LogP contribution in [0.2, 0.25) is 0 Å². The number of sulfonamides is 1. The van der Waals surface area contributed by atoms with Gasteiger partial charge in [-0.25, -0.2) is 12.7 Å². The molecule has 4 rings (SSSR count). The van der Waals surface area contributed by atoms with E-state index in [0.717, 1.165) is 17.1 Å². The van der Waals surface area contributed by atoms with Crippen molar-refractivity contribution in [3.8, 4) is 0 Å². The molecule has 134 valence electrons. The normalized spacial score (nSPS) is 27.8. The van der Waals surface area contributed by atoms with Gasteiger partial charge in [-0.3, -0.25) is 9.59 Å². The highest BCUT2D eigenvalue weighted by atomic mass is 32.2.